The van der Waals surface area contributed by atoms with Gasteiger partial charge in [0.15, 0.2) is 23.1 Å². The van der Waals surface area contributed by atoms with Crippen molar-refractivity contribution in [1.82, 2.24) is 0 Å². The van der Waals surface area contributed by atoms with Crippen LogP contribution in [-0.2, 0) is 14.4 Å². The van der Waals surface area contributed by atoms with Crippen LogP contribution in [0.4, 0.5) is 0 Å². The van der Waals surface area contributed by atoms with Crippen LogP contribution in [0.15, 0.2) is 109 Å². The van der Waals surface area contributed by atoms with Crippen molar-refractivity contribution in [2.24, 2.45) is 0 Å². The average Bonchev–Trinajstić information content (AvgIpc) is 3.08. The molecule has 0 aromatic heterocycles. The minimum absolute atomic E-state index is 0.254. The van der Waals surface area contributed by atoms with Crippen molar-refractivity contribution >= 4 is 29.7 Å². The van der Waals surface area contributed by atoms with Crippen molar-refractivity contribution in [2.45, 2.75) is 64.7 Å². The third-order valence-electron chi connectivity index (χ3n) is 6.61. The van der Waals surface area contributed by atoms with Gasteiger partial charge < -0.3 is 14.2 Å². The van der Waals surface area contributed by atoms with Crippen LogP contribution in [-0.4, -0.2) is 31.8 Å². The molecule has 0 heterocycles. The highest BCUT2D eigenvalue weighted by Crippen LogP contribution is 2.29. The van der Waals surface area contributed by atoms with Crippen LogP contribution < -0.4 is 14.2 Å². The predicted molar refractivity (Wildman–Crippen MR) is 191 cm³/mol. The van der Waals surface area contributed by atoms with E-state index in [4.69, 9.17) is 14.2 Å². The topological polar surface area (TPSA) is 78.9 Å². The maximum Gasteiger partial charge on any atom is 0.311 e. The molecule has 0 N–H and O–H groups in total. The SMILES string of the molecule is CC/C=C\C/C=C\C/C=C\C/C=C\C/C=C\CCCC(=O)Oc1ccc(/C=C/C(=O)CC(=O)/C=C/c2cc[c]c(OC)c2)cc1OC. The van der Waals surface area contributed by atoms with E-state index in [2.05, 4.69) is 73.8 Å². The molecule has 0 saturated heterocycles. The van der Waals surface area contributed by atoms with Crippen LogP contribution in [0.3, 0.4) is 0 Å². The summed E-state index contributed by atoms with van der Waals surface area (Å²) in [4.78, 5) is 36.9. The molecule has 0 unspecified atom stereocenters. The minimum atomic E-state index is -0.340. The number of allylic oxidation sites excluding steroid dienone is 12. The van der Waals surface area contributed by atoms with E-state index in [1.165, 1.54) is 19.3 Å². The number of hydrogen-bond donors (Lipinski definition) is 0. The molecule has 0 bridgehead atoms. The minimum Gasteiger partial charge on any atom is -0.496 e. The highest BCUT2D eigenvalue weighted by Gasteiger charge is 2.11. The fourth-order valence-electron chi connectivity index (χ4n) is 4.13. The Hall–Kier alpha value is -4.97. The summed E-state index contributed by atoms with van der Waals surface area (Å²) < 4.78 is 16.0. The second kappa shape index (κ2) is 24.3. The zero-order chi connectivity index (χ0) is 34.0. The first-order valence-corrected chi connectivity index (χ1v) is 16.1. The molecule has 6 nitrogen and oxygen atoms in total. The number of ketones is 2. The molecular weight excluding hydrogens is 588 g/mol. The first-order chi connectivity index (χ1) is 22.9. The van der Waals surface area contributed by atoms with E-state index in [9.17, 15) is 14.4 Å². The summed E-state index contributed by atoms with van der Waals surface area (Å²) in [6, 6.07) is 13.2. The first kappa shape index (κ1) is 38.2. The Bertz CT molecular complexity index is 1470. The molecule has 0 amide bonds. The Morgan fingerprint density at radius 1 is 0.681 bits per heavy atom. The number of esters is 1. The Morgan fingerprint density at radius 3 is 1.83 bits per heavy atom. The van der Waals surface area contributed by atoms with E-state index in [1.807, 2.05) is 0 Å². The van der Waals surface area contributed by atoms with Crippen LogP contribution in [0, 0.1) is 6.07 Å². The molecule has 2 aromatic rings. The van der Waals surface area contributed by atoms with Gasteiger partial charge in [-0.1, -0.05) is 92.0 Å². The van der Waals surface area contributed by atoms with E-state index in [0.717, 1.165) is 44.1 Å². The zero-order valence-corrected chi connectivity index (χ0v) is 27.9. The van der Waals surface area contributed by atoms with Crippen molar-refractivity contribution in [3.63, 3.8) is 0 Å². The summed E-state index contributed by atoms with van der Waals surface area (Å²) in [6.45, 7) is 2.14. The molecule has 0 fully saturated rings. The Morgan fingerprint density at radius 2 is 1.26 bits per heavy atom. The lowest BCUT2D eigenvalue weighted by Crippen LogP contribution is -2.08. The molecule has 0 aliphatic rings. The molecule has 2 aromatic carbocycles. The molecule has 2 rings (SSSR count). The summed E-state index contributed by atoms with van der Waals surface area (Å²) >= 11 is 0. The van der Waals surface area contributed by atoms with Crippen molar-refractivity contribution in [2.75, 3.05) is 14.2 Å². The number of carbonyl (C=O) groups excluding carboxylic acids is 3. The highest BCUT2D eigenvalue weighted by atomic mass is 16.6. The van der Waals surface area contributed by atoms with Crippen molar-refractivity contribution in [3.8, 4) is 17.2 Å². The van der Waals surface area contributed by atoms with E-state index < -0.39 is 0 Å². The van der Waals surface area contributed by atoms with Crippen LogP contribution in [0.5, 0.6) is 17.2 Å². The number of methoxy groups -OCH3 is 2. The van der Waals surface area contributed by atoms with Gasteiger partial charge in [0.05, 0.1) is 20.6 Å². The predicted octanol–water partition coefficient (Wildman–Crippen LogP) is 9.59. The summed E-state index contributed by atoms with van der Waals surface area (Å²) in [5.74, 6) is 0.264. The molecule has 0 atom stereocenters. The number of rotatable bonds is 22. The average molecular weight is 636 g/mol. The van der Waals surface area contributed by atoms with Gasteiger partial charge in [-0.2, -0.15) is 0 Å². The van der Waals surface area contributed by atoms with Gasteiger partial charge in [-0.05, 0) is 92.5 Å². The standard InChI is InChI=1S/C41H47O6/c1-4-5-6-7-8-9-10-11-12-13-14-15-16-17-18-19-20-24-41(44)47-39-30-27-35(32-40(39)46-3)26-29-37(43)33-36(42)28-25-34-22-21-23-38(31-34)45-2/h5-6,8-9,11-12,14-15,17-18,21-22,25-32H,4,7,10,13,16,19-20,24,33H2,1-3H3/b6-5-,9-8-,12-11-,15-14-,18-17-,28-25+,29-26+. The molecule has 1 radical (unpaired) electrons. The summed E-state index contributed by atoms with van der Waals surface area (Å²) in [5, 5.41) is 0. The lowest BCUT2D eigenvalue weighted by Gasteiger charge is -2.10. The maximum absolute atomic E-state index is 12.4. The molecule has 0 aliphatic carbocycles. The van der Waals surface area contributed by atoms with Gasteiger partial charge in [0, 0.05) is 12.5 Å². The van der Waals surface area contributed by atoms with E-state index in [0.29, 0.717) is 29.2 Å². The van der Waals surface area contributed by atoms with Gasteiger partial charge in [-0.3, -0.25) is 14.4 Å². The van der Waals surface area contributed by atoms with Crippen LogP contribution in [0.2, 0.25) is 0 Å². The van der Waals surface area contributed by atoms with Crippen molar-refractivity contribution in [3.05, 3.63) is 127 Å². The van der Waals surface area contributed by atoms with Crippen LogP contribution >= 0.6 is 0 Å². The Balaban J connectivity index is 1.68. The number of carbonyl (C=O) groups is 3. The second-order valence-corrected chi connectivity index (χ2v) is 10.5. The molecule has 0 saturated carbocycles. The molecule has 6 heteroatoms. The van der Waals surface area contributed by atoms with Gasteiger partial charge in [0.1, 0.15) is 5.75 Å². The van der Waals surface area contributed by atoms with Crippen LogP contribution in [0.1, 0.15) is 75.8 Å². The lowest BCUT2D eigenvalue weighted by molar-refractivity contribution is -0.134. The van der Waals surface area contributed by atoms with Gasteiger partial charge in [-0.15, -0.1) is 0 Å². The van der Waals surface area contributed by atoms with Gasteiger partial charge in [0.25, 0.3) is 0 Å². The third-order valence-corrected chi connectivity index (χ3v) is 6.61. The van der Waals surface area contributed by atoms with Gasteiger partial charge in [0.2, 0.25) is 0 Å². The lowest BCUT2D eigenvalue weighted by atomic mass is 10.1. The third kappa shape index (κ3) is 17.9. The van der Waals surface area contributed by atoms with Crippen molar-refractivity contribution < 1.29 is 28.6 Å². The quantitative estimate of drug-likeness (QED) is 0.0320. The van der Waals surface area contributed by atoms with Gasteiger partial charge >= 0.3 is 5.97 Å². The summed E-state index contributed by atoms with van der Waals surface area (Å²) in [7, 11) is 3.03. The molecular formula is C41H47O6. The normalized spacial score (nSPS) is 12.1. The monoisotopic (exact) mass is 635 g/mol. The van der Waals surface area contributed by atoms with E-state index >= 15 is 0 Å². The fourth-order valence-corrected chi connectivity index (χ4v) is 4.13. The number of unbranched alkanes of at least 4 members (excludes halogenated alkanes) is 1. The number of ether oxygens (including phenoxy) is 3. The number of benzene rings is 2. The van der Waals surface area contributed by atoms with E-state index in [-0.39, 0.29) is 30.4 Å². The molecule has 0 aliphatic heterocycles. The molecule has 247 valence electrons. The molecule has 0 spiro atoms. The fraction of sp³-hybridized carbons (Fsp3) is 0.293. The first-order valence-electron chi connectivity index (χ1n) is 16.1. The smallest absolute Gasteiger partial charge is 0.311 e. The van der Waals surface area contributed by atoms with Gasteiger partial charge in [-0.25, -0.2) is 0 Å². The Labute approximate surface area is 280 Å². The van der Waals surface area contributed by atoms with Crippen LogP contribution in [0.25, 0.3) is 12.2 Å². The zero-order valence-electron chi connectivity index (χ0n) is 27.9. The van der Waals surface area contributed by atoms with Crippen molar-refractivity contribution in [1.29, 1.82) is 0 Å². The van der Waals surface area contributed by atoms with E-state index in [1.54, 1.807) is 55.7 Å². The maximum atomic E-state index is 12.4. The highest BCUT2D eigenvalue weighted by molar-refractivity contribution is 6.10. The largest absolute Gasteiger partial charge is 0.496 e. The molecule has 47 heavy (non-hydrogen) atoms. The second-order valence-electron chi connectivity index (χ2n) is 10.5. The Kier molecular flexibility index (Phi) is 19.7. The summed E-state index contributed by atoms with van der Waals surface area (Å²) in [5.41, 5.74) is 1.44. The summed E-state index contributed by atoms with van der Waals surface area (Å²) in [6.07, 6.45) is 33.9. The number of hydrogen-bond acceptors (Lipinski definition) is 6.